The molecule has 110 valence electrons. The van der Waals surface area contributed by atoms with Crippen LogP contribution in [0.1, 0.15) is 56.6 Å². The average molecular weight is 386 g/mol. The van der Waals surface area contributed by atoms with Gasteiger partial charge in [-0.2, -0.15) is 0 Å². The highest BCUT2D eigenvalue weighted by molar-refractivity contribution is 14.1. The Kier molecular flexibility index (Phi) is 4.68. The fourth-order valence-corrected chi connectivity index (χ4v) is 4.56. The van der Waals surface area contributed by atoms with Gasteiger partial charge in [0.2, 0.25) is 0 Å². The predicted octanol–water partition coefficient (Wildman–Crippen LogP) is 4.45. The van der Waals surface area contributed by atoms with Crippen LogP contribution in [0.25, 0.3) is 0 Å². The molecule has 2 atom stereocenters. The van der Waals surface area contributed by atoms with Crippen molar-refractivity contribution in [2.45, 2.75) is 56.7 Å². The molecule has 3 rings (SSSR count). The van der Waals surface area contributed by atoms with Gasteiger partial charge in [-0.25, -0.2) is 0 Å². The van der Waals surface area contributed by atoms with E-state index in [1.165, 1.54) is 35.7 Å². The number of aliphatic hydroxyl groups is 1. The summed E-state index contributed by atoms with van der Waals surface area (Å²) in [6.07, 6.45) is 7.94. The van der Waals surface area contributed by atoms with Gasteiger partial charge in [-0.3, -0.25) is 0 Å². The first kappa shape index (κ1) is 14.8. The normalized spacial score (nSPS) is 27.4. The number of benzene rings is 1. The quantitative estimate of drug-likeness (QED) is 0.761. The van der Waals surface area contributed by atoms with Crippen LogP contribution in [0.15, 0.2) is 24.3 Å². The van der Waals surface area contributed by atoms with Crippen LogP contribution in [-0.4, -0.2) is 17.3 Å². The molecule has 1 saturated heterocycles. The second kappa shape index (κ2) is 6.32. The molecule has 1 N–H and O–H groups in total. The molecule has 2 nitrogen and oxygen atoms in total. The lowest BCUT2D eigenvalue weighted by atomic mass is 9.74. The lowest BCUT2D eigenvalue weighted by molar-refractivity contribution is -0.134. The minimum absolute atomic E-state index is 0.0718. The molecule has 0 amide bonds. The predicted molar refractivity (Wildman–Crippen MR) is 88.6 cm³/mol. The summed E-state index contributed by atoms with van der Waals surface area (Å²) < 4.78 is 7.31. The summed E-state index contributed by atoms with van der Waals surface area (Å²) in [6.45, 7) is 0.811. The zero-order valence-electron chi connectivity index (χ0n) is 11.9. The number of halogens is 1. The van der Waals surface area contributed by atoms with Crippen molar-refractivity contribution in [3.05, 3.63) is 33.4 Å². The smallest absolute Gasteiger partial charge is 0.0830 e. The van der Waals surface area contributed by atoms with Crippen molar-refractivity contribution >= 4 is 22.6 Å². The topological polar surface area (TPSA) is 29.5 Å². The van der Waals surface area contributed by atoms with Gasteiger partial charge in [0.05, 0.1) is 11.7 Å². The summed E-state index contributed by atoms with van der Waals surface area (Å²) in [7, 11) is 0. The zero-order chi connectivity index (χ0) is 14.0. The van der Waals surface area contributed by atoms with Crippen LogP contribution in [0, 0.1) is 9.49 Å². The number of hydrogen-bond donors (Lipinski definition) is 1. The maximum Gasteiger partial charge on any atom is 0.0830 e. The summed E-state index contributed by atoms with van der Waals surface area (Å²) in [6, 6.07) is 8.20. The molecule has 0 radical (unpaired) electrons. The number of rotatable bonds is 2. The van der Waals surface area contributed by atoms with Crippen molar-refractivity contribution in [3.63, 3.8) is 0 Å². The highest BCUT2D eigenvalue weighted by Gasteiger charge is 2.40. The molecule has 1 aliphatic heterocycles. The van der Waals surface area contributed by atoms with Gasteiger partial charge in [0.1, 0.15) is 0 Å². The van der Waals surface area contributed by atoms with Crippen molar-refractivity contribution in [2.75, 3.05) is 6.61 Å². The van der Waals surface area contributed by atoms with E-state index in [1.807, 2.05) is 12.1 Å². The van der Waals surface area contributed by atoms with Gasteiger partial charge in [0.25, 0.3) is 0 Å². The van der Waals surface area contributed by atoms with Crippen LogP contribution in [0.5, 0.6) is 0 Å². The summed E-state index contributed by atoms with van der Waals surface area (Å²) in [5, 5.41) is 10.8. The maximum atomic E-state index is 10.8. The van der Waals surface area contributed by atoms with E-state index in [0.29, 0.717) is 5.92 Å². The van der Waals surface area contributed by atoms with Crippen LogP contribution in [0.3, 0.4) is 0 Å². The standard InChI is InChI=1S/C17H23IO2/c18-15-7-3-2-6-14(15)16(19)13-8-11-20-17(12-13)9-4-1-5-10-17/h2-3,6-7,13,16,19H,1,4-5,8-12H2. The molecule has 20 heavy (non-hydrogen) atoms. The molecular formula is C17H23IO2. The van der Waals surface area contributed by atoms with Crippen LogP contribution >= 0.6 is 22.6 Å². The summed E-state index contributed by atoms with van der Waals surface area (Å²) >= 11 is 2.33. The van der Waals surface area contributed by atoms with Gasteiger partial charge in [0.15, 0.2) is 0 Å². The van der Waals surface area contributed by atoms with E-state index in [0.717, 1.165) is 25.0 Å². The minimum Gasteiger partial charge on any atom is -0.388 e. The molecule has 1 aromatic rings. The molecule has 2 aliphatic rings. The Bertz CT molecular complexity index is 449. The SMILES string of the molecule is OC(c1ccccc1I)C1CCOC2(CCCCC2)C1. The second-order valence-electron chi connectivity index (χ2n) is 6.31. The van der Waals surface area contributed by atoms with Crippen LogP contribution in [0.4, 0.5) is 0 Å². The summed E-state index contributed by atoms with van der Waals surface area (Å²) in [5.74, 6) is 0.345. The Labute approximate surface area is 135 Å². The van der Waals surface area contributed by atoms with E-state index in [-0.39, 0.29) is 11.7 Å². The number of ether oxygens (including phenoxy) is 1. The molecule has 0 bridgehead atoms. The Hall–Kier alpha value is -0.130. The van der Waals surface area contributed by atoms with E-state index in [4.69, 9.17) is 4.74 Å². The minimum atomic E-state index is -0.342. The van der Waals surface area contributed by atoms with Crippen molar-refractivity contribution in [2.24, 2.45) is 5.92 Å². The first-order chi connectivity index (χ1) is 9.70. The zero-order valence-corrected chi connectivity index (χ0v) is 14.0. The van der Waals surface area contributed by atoms with E-state index in [9.17, 15) is 5.11 Å². The van der Waals surface area contributed by atoms with Crippen molar-refractivity contribution in [1.82, 2.24) is 0 Å². The van der Waals surface area contributed by atoms with E-state index >= 15 is 0 Å². The second-order valence-corrected chi connectivity index (χ2v) is 7.47. The van der Waals surface area contributed by atoms with Crippen molar-refractivity contribution in [1.29, 1.82) is 0 Å². The third-order valence-electron chi connectivity index (χ3n) is 4.97. The van der Waals surface area contributed by atoms with E-state index in [2.05, 4.69) is 34.7 Å². The third kappa shape index (κ3) is 3.04. The van der Waals surface area contributed by atoms with Gasteiger partial charge in [0, 0.05) is 10.2 Å². The van der Waals surface area contributed by atoms with Gasteiger partial charge in [-0.05, 0) is 65.8 Å². The van der Waals surface area contributed by atoms with Crippen LogP contribution in [-0.2, 0) is 4.74 Å². The number of aliphatic hydroxyl groups excluding tert-OH is 1. The van der Waals surface area contributed by atoms with Gasteiger partial charge < -0.3 is 9.84 Å². The molecular weight excluding hydrogens is 363 g/mol. The molecule has 1 saturated carbocycles. The van der Waals surface area contributed by atoms with E-state index in [1.54, 1.807) is 0 Å². The fraction of sp³-hybridized carbons (Fsp3) is 0.647. The van der Waals surface area contributed by atoms with Gasteiger partial charge in [-0.1, -0.05) is 37.5 Å². The van der Waals surface area contributed by atoms with Crippen LogP contribution < -0.4 is 0 Å². The Morgan fingerprint density at radius 1 is 1.20 bits per heavy atom. The molecule has 1 aliphatic carbocycles. The fourth-order valence-electron chi connectivity index (χ4n) is 3.85. The molecule has 1 aromatic carbocycles. The Morgan fingerprint density at radius 2 is 1.95 bits per heavy atom. The van der Waals surface area contributed by atoms with Gasteiger partial charge >= 0.3 is 0 Å². The average Bonchev–Trinajstić information content (AvgIpc) is 2.48. The lowest BCUT2D eigenvalue weighted by Crippen LogP contribution is -2.42. The summed E-state index contributed by atoms with van der Waals surface area (Å²) in [4.78, 5) is 0. The molecule has 2 fully saturated rings. The Balaban J connectivity index is 1.75. The molecule has 1 heterocycles. The molecule has 1 spiro atoms. The molecule has 3 heteroatoms. The first-order valence-corrected chi connectivity index (χ1v) is 8.85. The monoisotopic (exact) mass is 386 g/mol. The summed E-state index contributed by atoms with van der Waals surface area (Å²) in [5.41, 5.74) is 1.16. The van der Waals surface area contributed by atoms with E-state index < -0.39 is 0 Å². The maximum absolute atomic E-state index is 10.8. The highest BCUT2D eigenvalue weighted by atomic mass is 127. The largest absolute Gasteiger partial charge is 0.388 e. The third-order valence-corrected chi connectivity index (χ3v) is 5.95. The van der Waals surface area contributed by atoms with Crippen molar-refractivity contribution < 1.29 is 9.84 Å². The molecule has 2 unspecified atom stereocenters. The highest BCUT2D eigenvalue weighted by Crippen LogP contribution is 2.44. The lowest BCUT2D eigenvalue weighted by Gasteiger charge is -2.44. The van der Waals surface area contributed by atoms with Crippen LogP contribution in [0.2, 0.25) is 0 Å². The number of hydrogen-bond acceptors (Lipinski definition) is 2. The Morgan fingerprint density at radius 3 is 2.70 bits per heavy atom. The first-order valence-electron chi connectivity index (χ1n) is 7.77. The van der Waals surface area contributed by atoms with Gasteiger partial charge in [-0.15, -0.1) is 0 Å². The van der Waals surface area contributed by atoms with Crippen molar-refractivity contribution in [3.8, 4) is 0 Å². The molecule has 0 aromatic heterocycles.